The minimum Gasteiger partial charge on any atom is -0.388 e. The molecule has 1 heterocycles. The van der Waals surface area contributed by atoms with Gasteiger partial charge in [0.05, 0.1) is 6.10 Å². The van der Waals surface area contributed by atoms with E-state index >= 15 is 0 Å². The van der Waals surface area contributed by atoms with Gasteiger partial charge in [-0.15, -0.1) is 0 Å². The van der Waals surface area contributed by atoms with Gasteiger partial charge in [-0.25, -0.2) is 0 Å². The van der Waals surface area contributed by atoms with Crippen molar-refractivity contribution in [3.63, 3.8) is 0 Å². The average molecular weight is 231 g/mol. The van der Waals surface area contributed by atoms with Crippen LogP contribution in [0, 0.1) is 11.8 Å². The lowest BCUT2D eigenvalue weighted by atomic mass is 9.92. The van der Waals surface area contributed by atoms with Crippen LogP contribution in [0.5, 0.6) is 0 Å². The highest BCUT2D eigenvalue weighted by molar-refractivity contribution is 5.28. The summed E-state index contributed by atoms with van der Waals surface area (Å²) >= 11 is 0. The van der Waals surface area contributed by atoms with E-state index in [9.17, 15) is 5.11 Å². The van der Waals surface area contributed by atoms with Crippen molar-refractivity contribution in [2.75, 3.05) is 0 Å². The van der Waals surface area contributed by atoms with Crippen LogP contribution in [0.15, 0.2) is 12.3 Å². The number of nitrogens with zero attached hydrogens (tertiary/aromatic N) is 1. The Labute approximate surface area is 103 Å². The van der Waals surface area contributed by atoms with E-state index in [4.69, 9.17) is 0 Å². The molecule has 2 nitrogen and oxygen atoms in total. The van der Waals surface area contributed by atoms with Gasteiger partial charge < -0.3 is 9.67 Å². The summed E-state index contributed by atoms with van der Waals surface area (Å²) in [5, 5.41) is 10.0. The Balaban J connectivity index is 1.70. The van der Waals surface area contributed by atoms with Crippen molar-refractivity contribution in [1.82, 2.24) is 4.57 Å². The molecule has 17 heavy (non-hydrogen) atoms. The average Bonchev–Trinajstić information content (AvgIpc) is 3.03. The lowest BCUT2D eigenvalue weighted by Crippen LogP contribution is -2.20. The van der Waals surface area contributed by atoms with Crippen molar-refractivity contribution in [2.45, 2.75) is 57.1 Å². The van der Waals surface area contributed by atoms with Crippen molar-refractivity contribution >= 4 is 0 Å². The Kier molecular flexibility index (Phi) is 2.17. The zero-order valence-corrected chi connectivity index (χ0v) is 10.3. The lowest BCUT2D eigenvalue weighted by molar-refractivity contribution is 0.154. The molecule has 2 fully saturated rings. The molecule has 0 spiro atoms. The summed E-state index contributed by atoms with van der Waals surface area (Å²) in [6, 6.07) is 2.92. The van der Waals surface area contributed by atoms with Gasteiger partial charge in [-0.05, 0) is 56.4 Å². The van der Waals surface area contributed by atoms with E-state index in [-0.39, 0.29) is 6.10 Å². The molecule has 2 heteroatoms. The van der Waals surface area contributed by atoms with Gasteiger partial charge in [0.2, 0.25) is 0 Å². The molecule has 0 aliphatic heterocycles. The van der Waals surface area contributed by atoms with E-state index in [1.54, 1.807) is 0 Å². The SMILES string of the molecule is OC1CCCc2c1ccn2C1CC2CCC1C2. The first-order valence-corrected chi connectivity index (χ1v) is 7.20. The summed E-state index contributed by atoms with van der Waals surface area (Å²) in [5.74, 6) is 1.92. The molecule has 1 aromatic heterocycles. The van der Waals surface area contributed by atoms with Crippen LogP contribution in [0.4, 0.5) is 0 Å². The molecule has 1 aromatic rings. The smallest absolute Gasteiger partial charge is 0.0807 e. The predicted octanol–water partition coefficient (Wildman–Crippen LogP) is 3.22. The first-order chi connectivity index (χ1) is 8.33. The topological polar surface area (TPSA) is 25.2 Å². The zero-order valence-electron chi connectivity index (χ0n) is 10.3. The van der Waals surface area contributed by atoms with Crippen LogP contribution < -0.4 is 0 Å². The van der Waals surface area contributed by atoms with Crippen LogP contribution in [0.3, 0.4) is 0 Å². The van der Waals surface area contributed by atoms with Gasteiger partial charge in [-0.3, -0.25) is 0 Å². The molecule has 4 atom stereocenters. The highest BCUT2D eigenvalue weighted by Gasteiger charge is 2.41. The van der Waals surface area contributed by atoms with Crippen molar-refractivity contribution in [3.05, 3.63) is 23.5 Å². The van der Waals surface area contributed by atoms with Crippen LogP contribution in [-0.4, -0.2) is 9.67 Å². The van der Waals surface area contributed by atoms with Crippen LogP contribution >= 0.6 is 0 Å². The lowest BCUT2D eigenvalue weighted by Gasteiger charge is -2.28. The van der Waals surface area contributed by atoms with Crippen LogP contribution in [0.25, 0.3) is 0 Å². The van der Waals surface area contributed by atoms with E-state index in [1.165, 1.54) is 43.4 Å². The summed E-state index contributed by atoms with van der Waals surface area (Å²) in [7, 11) is 0. The largest absolute Gasteiger partial charge is 0.388 e. The van der Waals surface area contributed by atoms with Crippen molar-refractivity contribution in [1.29, 1.82) is 0 Å². The summed E-state index contributed by atoms with van der Waals surface area (Å²) < 4.78 is 2.53. The standard InChI is InChI=1S/C15H21NO/c17-15-3-1-2-13-12(15)6-7-16(13)14-9-10-4-5-11(14)8-10/h6-7,10-11,14-15,17H,1-5,8-9H2. The van der Waals surface area contributed by atoms with Gasteiger partial charge in [0.1, 0.15) is 0 Å². The zero-order chi connectivity index (χ0) is 11.4. The second kappa shape index (κ2) is 3.61. The third-order valence-corrected chi connectivity index (χ3v) is 5.37. The molecule has 0 saturated heterocycles. The monoisotopic (exact) mass is 231 g/mol. The van der Waals surface area contributed by atoms with Gasteiger partial charge in [0, 0.05) is 23.5 Å². The van der Waals surface area contributed by atoms with Crippen molar-refractivity contribution < 1.29 is 5.11 Å². The maximum absolute atomic E-state index is 10.0. The van der Waals surface area contributed by atoms with E-state index in [0.29, 0.717) is 0 Å². The Hall–Kier alpha value is -0.760. The van der Waals surface area contributed by atoms with Crippen LogP contribution in [-0.2, 0) is 6.42 Å². The number of hydrogen-bond donors (Lipinski definition) is 1. The van der Waals surface area contributed by atoms with Crippen LogP contribution in [0.1, 0.15) is 61.9 Å². The van der Waals surface area contributed by atoms with Gasteiger partial charge in [-0.1, -0.05) is 6.42 Å². The highest BCUT2D eigenvalue weighted by Crippen LogP contribution is 2.51. The molecule has 2 bridgehead atoms. The molecule has 92 valence electrons. The second-order valence-electron chi connectivity index (χ2n) is 6.28. The minimum absolute atomic E-state index is 0.196. The molecule has 4 rings (SSSR count). The third kappa shape index (κ3) is 1.43. The van der Waals surface area contributed by atoms with Crippen molar-refractivity contribution in [3.8, 4) is 0 Å². The van der Waals surface area contributed by atoms with Gasteiger partial charge in [0.15, 0.2) is 0 Å². The number of fused-ring (bicyclic) bond motifs is 3. The van der Waals surface area contributed by atoms with Crippen LogP contribution in [0.2, 0.25) is 0 Å². The Bertz CT molecular complexity index is 436. The van der Waals surface area contributed by atoms with Gasteiger partial charge >= 0.3 is 0 Å². The fraction of sp³-hybridized carbons (Fsp3) is 0.733. The molecule has 1 N–H and O–H groups in total. The molecule has 2 saturated carbocycles. The van der Waals surface area contributed by atoms with E-state index in [1.807, 2.05) is 0 Å². The first kappa shape index (κ1) is 10.2. The Morgan fingerprint density at radius 1 is 1.18 bits per heavy atom. The fourth-order valence-corrected chi connectivity index (χ4v) is 4.55. The molecule has 3 aliphatic rings. The van der Waals surface area contributed by atoms with Gasteiger partial charge in [-0.2, -0.15) is 0 Å². The Morgan fingerprint density at radius 2 is 2.12 bits per heavy atom. The molecule has 4 unspecified atom stereocenters. The predicted molar refractivity (Wildman–Crippen MR) is 66.8 cm³/mol. The molecular weight excluding hydrogens is 210 g/mol. The molecule has 0 aromatic carbocycles. The second-order valence-corrected chi connectivity index (χ2v) is 6.28. The van der Waals surface area contributed by atoms with E-state index in [0.717, 1.165) is 30.7 Å². The number of rotatable bonds is 1. The summed E-state index contributed by atoms with van der Waals surface area (Å²) in [4.78, 5) is 0. The fourth-order valence-electron chi connectivity index (χ4n) is 4.55. The number of hydrogen-bond acceptors (Lipinski definition) is 1. The van der Waals surface area contributed by atoms with Crippen molar-refractivity contribution in [2.24, 2.45) is 11.8 Å². The Morgan fingerprint density at radius 3 is 2.88 bits per heavy atom. The summed E-state index contributed by atoms with van der Waals surface area (Å²) in [5.41, 5.74) is 2.67. The molecule has 0 radical (unpaired) electrons. The maximum Gasteiger partial charge on any atom is 0.0807 e. The molecule has 0 amide bonds. The summed E-state index contributed by atoms with van der Waals surface area (Å²) in [6.07, 6.45) is 11.1. The third-order valence-electron chi connectivity index (χ3n) is 5.37. The number of aliphatic hydroxyl groups is 1. The quantitative estimate of drug-likeness (QED) is 0.788. The summed E-state index contributed by atoms with van der Waals surface area (Å²) in [6.45, 7) is 0. The maximum atomic E-state index is 10.0. The minimum atomic E-state index is -0.196. The van der Waals surface area contributed by atoms with E-state index in [2.05, 4.69) is 16.8 Å². The van der Waals surface area contributed by atoms with Gasteiger partial charge in [0.25, 0.3) is 0 Å². The highest BCUT2D eigenvalue weighted by atomic mass is 16.3. The normalized spacial score (nSPS) is 39.6. The van der Waals surface area contributed by atoms with E-state index < -0.39 is 0 Å². The number of aromatic nitrogens is 1. The molecule has 3 aliphatic carbocycles. The first-order valence-electron chi connectivity index (χ1n) is 7.20. The molecular formula is C15H21NO. The number of aliphatic hydroxyl groups excluding tert-OH is 1.